The van der Waals surface area contributed by atoms with E-state index < -0.39 is 0 Å². The van der Waals surface area contributed by atoms with Crippen molar-refractivity contribution in [2.45, 2.75) is 12.8 Å². The lowest BCUT2D eigenvalue weighted by atomic mass is 9.79. The first kappa shape index (κ1) is 13.8. The Balaban J connectivity index is 1.96. The van der Waals surface area contributed by atoms with E-state index in [0.29, 0.717) is 5.69 Å². The second-order valence-corrected chi connectivity index (χ2v) is 5.08. The number of hydrogen-bond donors (Lipinski definition) is 2. The van der Waals surface area contributed by atoms with Crippen LogP contribution in [0.1, 0.15) is 18.5 Å². The third kappa shape index (κ3) is 3.66. The first-order chi connectivity index (χ1) is 9.28. The molecule has 0 unspecified atom stereocenters. The van der Waals surface area contributed by atoms with Gasteiger partial charge < -0.3 is 15.4 Å². The van der Waals surface area contributed by atoms with E-state index in [-0.39, 0.29) is 5.41 Å². The van der Waals surface area contributed by atoms with Crippen LogP contribution in [0.3, 0.4) is 0 Å². The highest BCUT2D eigenvalue weighted by molar-refractivity contribution is 5.42. The van der Waals surface area contributed by atoms with Gasteiger partial charge in [-0.15, -0.1) is 0 Å². The largest absolute Gasteiger partial charge is 0.384 e. The Hall–Kier alpha value is -1.64. The third-order valence-electron chi connectivity index (χ3n) is 3.66. The minimum Gasteiger partial charge on any atom is -0.384 e. The van der Waals surface area contributed by atoms with Crippen LogP contribution in [0.2, 0.25) is 0 Å². The number of methoxy groups -OCH3 is 1. The van der Waals surface area contributed by atoms with Gasteiger partial charge in [-0.2, -0.15) is 5.26 Å². The summed E-state index contributed by atoms with van der Waals surface area (Å²) in [6.07, 6.45) is 3.93. The molecule has 2 rings (SSSR count). The Bertz CT molecular complexity index is 426. The van der Waals surface area contributed by atoms with E-state index in [1.807, 2.05) is 12.1 Å². The first-order valence-electron chi connectivity index (χ1n) is 6.58. The van der Waals surface area contributed by atoms with Crippen molar-refractivity contribution in [3.63, 3.8) is 0 Å². The van der Waals surface area contributed by atoms with Crippen LogP contribution in [-0.2, 0) is 4.74 Å². The Morgan fingerprint density at radius 3 is 2.84 bits per heavy atom. The summed E-state index contributed by atoms with van der Waals surface area (Å²) in [5, 5.41) is 15.5. The third-order valence-corrected chi connectivity index (χ3v) is 3.66. The molecule has 0 atom stereocenters. The summed E-state index contributed by atoms with van der Waals surface area (Å²) in [6.45, 7) is 3.72. The first-order valence-corrected chi connectivity index (χ1v) is 6.58. The number of piperidine rings is 1. The van der Waals surface area contributed by atoms with Gasteiger partial charge in [0.15, 0.2) is 0 Å². The Kier molecular flexibility index (Phi) is 4.72. The maximum atomic E-state index is 8.72. The Labute approximate surface area is 114 Å². The molecule has 5 heteroatoms. The molecule has 1 aromatic rings. The molecule has 1 aliphatic heterocycles. The van der Waals surface area contributed by atoms with Crippen LogP contribution in [0.15, 0.2) is 18.3 Å². The van der Waals surface area contributed by atoms with E-state index in [1.54, 1.807) is 19.4 Å². The Morgan fingerprint density at radius 1 is 1.47 bits per heavy atom. The minimum atomic E-state index is 0.188. The minimum absolute atomic E-state index is 0.188. The quantitative estimate of drug-likeness (QED) is 0.837. The zero-order chi connectivity index (χ0) is 13.6. The molecule has 1 aliphatic rings. The molecule has 0 radical (unpaired) electrons. The van der Waals surface area contributed by atoms with Crippen molar-refractivity contribution in [2.24, 2.45) is 5.41 Å². The van der Waals surface area contributed by atoms with Crippen LogP contribution in [0.25, 0.3) is 0 Å². The summed E-state index contributed by atoms with van der Waals surface area (Å²) in [5.41, 5.74) is 1.58. The highest BCUT2D eigenvalue weighted by Gasteiger charge is 2.31. The molecule has 0 aliphatic carbocycles. The number of nitrogens with one attached hydrogen (secondary N) is 2. The molecule has 102 valence electrons. The van der Waals surface area contributed by atoms with Crippen LogP contribution in [0.5, 0.6) is 0 Å². The predicted octanol–water partition coefficient (Wildman–Crippen LogP) is 1.38. The zero-order valence-electron chi connectivity index (χ0n) is 11.3. The van der Waals surface area contributed by atoms with Gasteiger partial charge in [0.05, 0.1) is 18.5 Å². The number of anilines is 1. The number of rotatable bonds is 5. The van der Waals surface area contributed by atoms with Crippen molar-refractivity contribution in [3.8, 4) is 6.07 Å². The van der Waals surface area contributed by atoms with Crippen molar-refractivity contribution in [2.75, 3.05) is 38.7 Å². The number of aromatic nitrogens is 1. The van der Waals surface area contributed by atoms with Crippen molar-refractivity contribution in [3.05, 3.63) is 24.0 Å². The maximum absolute atomic E-state index is 8.72. The van der Waals surface area contributed by atoms with E-state index in [4.69, 9.17) is 10.00 Å². The van der Waals surface area contributed by atoms with E-state index in [2.05, 4.69) is 15.6 Å². The van der Waals surface area contributed by atoms with Crippen molar-refractivity contribution >= 4 is 5.69 Å². The molecule has 1 aromatic heterocycles. The van der Waals surface area contributed by atoms with Crippen LogP contribution in [-0.4, -0.2) is 38.3 Å². The molecule has 0 saturated carbocycles. The lowest BCUT2D eigenvalue weighted by molar-refractivity contribution is 0.0636. The lowest BCUT2D eigenvalue weighted by Gasteiger charge is -2.37. The zero-order valence-corrected chi connectivity index (χ0v) is 11.3. The standard InChI is InChI=1S/C14H20N4O/c1-19-11-14(4-6-16-7-5-14)10-18-13-3-2-12(8-15)17-9-13/h2-3,9,16,18H,4-7,10-11H2,1H3. The van der Waals surface area contributed by atoms with E-state index in [1.165, 1.54) is 0 Å². The van der Waals surface area contributed by atoms with Crippen molar-refractivity contribution < 1.29 is 4.74 Å². The maximum Gasteiger partial charge on any atom is 0.140 e. The van der Waals surface area contributed by atoms with Gasteiger partial charge in [-0.05, 0) is 38.1 Å². The average molecular weight is 260 g/mol. The van der Waals surface area contributed by atoms with Gasteiger partial charge in [0, 0.05) is 19.1 Å². The van der Waals surface area contributed by atoms with Crippen LogP contribution < -0.4 is 10.6 Å². The molecule has 19 heavy (non-hydrogen) atoms. The summed E-state index contributed by atoms with van der Waals surface area (Å²) in [5.74, 6) is 0. The van der Waals surface area contributed by atoms with Gasteiger partial charge in [0.25, 0.3) is 0 Å². The van der Waals surface area contributed by atoms with Crippen LogP contribution in [0.4, 0.5) is 5.69 Å². The van der Waals surface area contributed by atoms with Crippen LogP contribution in [0, 0.1) is 16.7 Å². The molecule has 1 fully saturated rings. The molecule has 2 N–H and O–H groups in total. The van der Waals surface area contributed by atoms with E-state index in [9.17, 15) is 0 Å². The molecule has 0 aromatic carbocycles. The smallest absolute Gasteiger partial charge is 0.140 e. The van der Waals surface area contributed by atoms with Crippen molar-refractivity contribution in [1.82, 2.24) is 10.3 Å². The summed E-state index contributed by atoms with van der Waals surface area (Å²) in [6, 6.07) is 5.65. The average Bonchev–Trinajstić information content (AvgIpc) is 2.47. The number of pyridine rings is 1. The fourth-order valence-electron chi connectivity index (χ4n) is 2.49. The van der Waals surface area contributed by atoms with E-state index >= 15 is 0 Å². The highest BCUT2D eigenvalue weighted by Crippen LogP contribution is 2.29. The predicted molar refractivity (Wildman–Crippen MR) is 73.9 cm³/mol. The SMILES string of the molecule is COCC1(CNc2ccc(C#N)nc2)CCNCC1. The highest BCUT2D eigenvalue weighted by atomic mass is 16.5. The molecular weight excluding hydrogens is 240 g/mol. The van der Waals surface area contributed by atoms with Gasteiger partial charge in [-0.25, -0.2) is 4.98 Å². The van der Waals surface area contributed by atoms with Crippen LogP contribution >= 0.6 is 0 Å². The lowest BCUT2D eigenvalue weighted by Crippen LogP contribution is -2.44. The molecular formula is C14H20N4O. The molecule has 1 saturated heterocycles. The second kappa shape index (κ2) is 6.50. The molecule has 2 heterocycles. The summed E-state index contributed by atoms with van der Waals surface area (Å²) >= 11 is 0. The summed E-state index contributed by atoms with van der Waals surface area (Å²) in [4.78, 5) is 4.06. The fraction of sp³-hybridized carbons (Fsp3) is 0.571. The van der Waals surface area contributed by atoms with Crippen molar-refractivity contribution in [1.29, 1.82) is 5.26 Å². The van der Waals surface area contributed by atoms with Gasteiger partial charge in [0.2, 0.25) is 0 Å². The van der Waals surface area contributed by atoms with Gasteiger partial charge in [-0.3, -0.25) is 0 Å². The fourth-order valence-corrected chi connectivity index (χ4v) is 2.49. The Morgan fingerprint density at radius 2 is 2.26 bits per heavy atom. The van der Waals surface area contributed by atoms with Gasteiger partial charge in [0.1, 0.15) is 11.8 Å². The molecule has 5 nitrogen and oxygen atoms in total. The number of hydrogen-bond acceptors (Lipinski definition) is 5. The van der Waals surface area contributed by atoms with Gasteiger partial charge in [-0.1, -0.05) is 0 Å². The molecule has 0 amide bonds. The van der Waals surface area contributed by atoms with Gasteiger partial charge >= 0.3 is 0 Å². The second-order valence-electron chi connectivity index (χ2n) is 5.08. The number of ether oxygens (including phenoxy) is 1. The normalized spacial score (nSPS) is 17.7. The monoisotopic (exact) mass is 260 g/mol. The summed E-state index contributed by atoms with van der Waals surface area (Å²) < 4.78 is 5.38. The number of nitrogens with zero attached hydrogens (tertiary/aromatic N) is 2. The molecule has 0 bridgehead atoms. The topological polar surface area (TPSA) is 70.0 Å². The molecule has 0 spiro atoms. The number of nitriles is 1. The van der Waals surface area contributed by atoms with E-state index in [0.717, 1.165) is 44.8 Å². The summed E-state index contributed by atoms with van der Waals surface area (Å²) in [7, 11) is 1.76.